The third kappa shape index (κ3) is 16.0. The predicted octanol–water partition coefficient (Wildman–Crippen LogP) is 5.06. The first-order valence-corrected chi connectivity index (χ1v) is 31.1. The van der Waals surface area contributed by atoms with E-state index in [1.807, 2.05) is 0 Å². The molecule has 82 heavy (non-hydrogen) atoms. The summed E-state index contributed by atoms with van der Waals surface area (Å²) in [6.45, 7) is 0.679. The third-order valence-electron chi connectivity index (χ3n) is 13.2. The fourth-order valence-corrected chi connectivity index (χ4v) is 12.2. The van der Waals surface area contributed by atoms with E-state index in [0.29, 0.717) is 29.1 Å². The number of amides is 5. The van der Waals surface area contributed by atoms with Crippen molar-refractivity contribution < 1.29 is 75.9 Å². The first kappa shape index (κ1) is 61.6. The Morgan fingerprint density at radius 2 is 1.71 bits per heavy atom. The number of nitrogens with zero attached hydrogens (tertiary/aromatic N) is 6. The van der Waals surface area contributed by atoms with Crippen LogP contribution in [0.1, 0.15) is 82.1 Å². The van der Waals surface area contributed by atoms with E-state index in [9.17, 15) is 48.4 Å². The van der Waals surface area contributed by atoms with E-state index in [-0.39, 0.29) is 61.1 Å². The number of ether oxygens (including phenoxy) is 3. The number of anilines is 2. The van der Waals surface area contributed by atoms with Crippen molar-refractivity contribution in [3.8, 4) is 5.88 Å². The SMILES string of the molecule is CC(NC(=O)C(NC(=O)OC(C)(C)C)C(C)C)C(=O)Nc1ccc(CN(CCc2ccccc2C(=O)Nc2nc3c(ncn3[C@@H]3O[C@@H]4COP(O)(=S)O[C@H]5C[C@H](Oc6ccncn6)C[C@@H]5COP(=O)(S)O[C@@H]3[C@@H]4O)c(=O)[nH]2)C(=O)O)cc1. The molecular weight excluding hydrogens is 1150 g/mol. The van der Waals surface area contributed by atoms with Crippen LogP contribution in [0.5, 0.6) is 5.88 Å². The lowest BCUT2D eigenvalue weighted by atomic mass is 10.0. The van der Waals surface area contributed by atoms with Gasteiger partial charge in [-0.3, -0.25) is 38.6 Å². The van der Waals surface area contributed by atoms with Gasteiger partial charge in [-0.25, -0.2) is 29.1 Å². The molecule has 8 N–H and O–H groups in total. The van der Waals surface area contributed by atoms with Gasteiger partial charge in [0.2, 0.25) is 23.6 Å². The van der Waals surface area contributed by atoms with Gasteiger partial charge in [0.1, 0.15) is 48.4 Å². The number of nitrogens with one attached hydrogen (secondary N) is 5. The molecule has 8 rings (SSSR count). The number of thiol groups is 1. The van der Waals surface area contributed by atoms with E-state index in [4.69, 9.17) is 44.1 Å². The van der Waals surface area contributed by atoms with Crippen molar-refractivity contribution in [3.63, 3.8) is 0 Å². The number of aromatic nitrogens is 6. The van der Waals surface area contributed by atoms with Crippen molar-refractivity contribution in [1.29, 1.82) is 0 Å². The van der Waals surface area contributed by atoms with Crippen LogP contribution in [0.4, 0.5) is 21.2 Å². The maximum absolute atomic E-state index is 14.0. The van der Waals surface area contributed by atoms with Crippen molar-refractivity contribution in [3.05, 3.63) is 100 Å². The first-order valence-electron chi connectivity index (χ1n) is 25.8. The Kier molecular flexibility index (Phi) is 19.6. The Bertz CT molecular complexity index is 3300. The second kappa shape index (κ2) is 26.0. The lowest BCUT2D eigenvalue weighted by molar-refractivity contribution is -0.128. The molecule has 3 aromatic heterocycles. The lowest BCUT2D eigenvalue weighted by Crippen LogP contribution is -2.54. The second-order valence-electron chi connectivity index (χ2n) is 20.9. The monoisotopic (exact) mass is 1220 g/mol. The van der Waals surface area contributed by atoms with Crippen LogP contribution in [0.25, 0.3) is 11.2 Å². The van der Waals surface area contributed by atoms with Crippen LogP contribution >= 0.6 is 25.8 Å². The van der Waals surface area contributed by atoms with Crippen molar-refractivity contribution in [1.82, 2.24) is 45.0 Å². The van der Waals surface area contributed by atoms with Crippen molar-refractivity contribution >= 4 is 90.3 Å². The van der Waals surface area contributed by atoms with Gasteiger partial charge in [0.25, 0.3) is 11.5 Å². The zero-order valence-electron chi connectivity index (χ0n) is 45.1. The molecule has 32 heteroatoms. The molecule has 5 heterocycles. The number of carboxylic acid groups (broad SMARTS) is 1. The van der Waals surface area contributed by atoms with Crippen LogP contribution in [0.3, 0.4) is 0 Å². The number of carbonyl (C=O) groups excluding carboxylic acids is 4. The molecule has 2 aromatic carbocycles. The highest BCUT2D eigenvalue weighted by molar-refractivity contribution is 8.44. The molecule has 11 atom stereocenters. The number of benzene rings is 2. The third-order valence-corrected chi connectivity index (χ3v) is 16.4. The summed E-state index contributed by atoms with van der Waals surface area (Å²) in [4.78, 5) is 110. The molecule has 3 fully saturated rings. The van der Waals surface area contributed by atoms with Gasteiger partial charge in [-0.1, -0.05) is 56.4 Å². The van der Waals surface area contributed by atoms with Crippen molar-refractivity contribution in [2.75, 3.05) is 30.4 Å². The molecule has 5 aromatic rings. The molecule has 2 saturated heterocycles. The summed E-state index contributed by atoms with van der Waals surface area (Å²) in [7, 11) is 0. The minimum atomic E-state index is -4.37. The zero-order chi connectivity index (χ0) is 59.3. The molecule has 3 aliphatic rings. The quantitative estimate of drug-likeness (QED) is 0.0460. The molecule has 1 aliphatic carbocycles. The minimum Gasteiger partial charge on any atom is -0.474 e. The Labute approximate surface area is 479 Å². The number of hydrogen-bond donors (Lipinski definition) is 9. The normalized spacial score (nSPS) is 25.5. The summed E-state index contributed by atoms with van der Waals surface area (Å²) in [5.74, 6) is -2.78. The molecule has 2 bridgehead atoms. The van der Waals surface area contributed by atoms with Crippen molar-refractivity contribution in [2.24, 2.45) is 11.8 Å². The maximum Gasteiger partial charge on any atom is 0.408 e. The molecule has 0 radical (unpaired) electrons. The van der Waals surface area contributed by atoms with Crippen LogP contribution in [-0.4, -0.2) is 147 Å². The number of aliphatic hydroxyl groups excluding tert-OH is 1. The molecule has 5 amide bonds. The molecule has 28 nitrogen and oxygen atoms in total. The lowest BCUT2D eigenvalue weighted by Gasteiger charge is -2.27. The summed E-state index contributed by atoms with van der Waals surface area (Å²) >= 11 is 9.60. The molecular formula is C50H63N11O17P2S2. The number of alkyl carbamates (subject to hydrolysis) is 1. The standard InChI is InChI=1S/C50H63N11O17P2S2/c1-26(2)37(56-48(67)76-50(4,5)6)44(65)54-27(3)42(63)55-31-13-11-28(12-14-31)21-60(49(68)69)18-16-29-9-7-8-10-33(29)43(64)58-47-57-41-38(45(66)59-47)53-25-61(41)46-40-39(62)35(75-46)23-73-79(70,81)77-34-20-32(74-36-15-17-51-24-52-36)19-30(34)22-72-80(71,82)78-40/h7-15,17,24-27,30,32,34-35,37,39-40,46,62H,16,18-23H2,1-6H3,(H,54,65)(H,55,63)(H,56,67)(H,68,69)(H,70,81)(H,71,82)(H2,57,58,59,64,66)/t27?,30-,32-,34+,35-,37?,39-,40-,46-,79?,80?/m1/s1. The largest absolute Gasteiger partial charge is 0.474 e. The number of aliphatic hydroxyl groups is 1. The minimum absolute atomic E-state index is 0.0650. The van der Waals surface area contributed by atoms with Crippen LogP contribution in [0, 0.1) is 11.8 Å². The van der Waals surface area contributed by atoms with Gasteiger partial charge in [-0.05, 0) is 87.6 Å². The molecule has 0 spiro atoms. The summed E-state index contributed by atoms with van der Waals surface area (Å²) in [5.41, 5.74) is -0.479. The Morgan fingerprint density at radius 1 is 0.963 bits per heavy atom. The maximum atomic E-state index is 14.0. The van der Waals surface area contributed by atoms with Gasteiger partial charge >= 0.3 is 25.7 Å². The van der Waals surface area contributed by atoms with Crippen LogP contribution in [0.2, 0.25) is 0 Å². The van der Waals surface area contributed by atoms with Gasteiger partial charge in [-0.2, -0.15) is 4.98 Å². The second-order valence-corrected chi connectivity index (χ2v) is 26.6. The molecule has 1 saturated carbocycles. The highest BCUT2D eigenvalue weighted by Gasteiger charge is 2.51. The van der Waals surface area contributed by atoms with Crippen molar-refractivity contribution in [2.45, 2.75) is 122 Å². The number of rotatable bonds is 16. The van der Waals surface area contributed by atoms with Crippen LogP contribution in [-0.2, 0) is 66.5 Å². The predicted molar refractivity (Wildman–Crippen MR) is 299 cm³/mol. The smallest absolute Gasteiger partial charge is 0.408 e. The Balaban J connectivity index is 0.903. The molecule has 4 unspecified atom stereocenters. The van der Waals surface area contributed by atoms with Gasteiger partial charge in [0.15, 0.2) is 17.4 Å². The van der Waals surface area contributed by atoms with E-state index in [1.165, 1.54) is 30.1 Å². The average molecular weight is 1220 g/mol. The highest BCUT2D eigenvalue weighted by atomic mass is 32.7. The zero-order valence-corrected chi connectivity index (χ0v) is 48.6. The fraction of sp³-hybridized carbons (Fsp3) is 0.480. The number of fused-ring (bicyclic) bond motifs is 4. The van der Waals surface area contributed by atoms with Gasteiger partial charge in [0, 0.05) is 48.9 Å². The van der Waals surface area contributed by atoms with E-state index in [1.54, 1.807) is 83.1 Å². The number of carbonyl (C=O) groups is 5. The number of hydrogen-bond acceptors (Lipinski definition) is 20. The molecule has 442 valence electrons. The van der Waals surface area contributed by atoms with Gasteiger partial charge < -0.3 is 63.7 Å². The van der Waals surface area contributed by atoms with Gasteiger partial charge in [-0.15, -0.1) is 0 Å². The average Bonchev–Trinajstić information content (AvgIpc) is 3.09. The van der Waals surface area contributed by atoms with Crippen LogP contribution < -0.4 is 31.6 Å². The fourth-order valence-electron chi connectivity index (χ4n) is 9.20. The van der Waals surface area contributed by atoms with E-state index < -0.39 is 116 Å². The Morgan fingerprint density at radius 3 is 2.40 bits per heavy atom. The highest BCUT2D eigenvalue weighted by Crippen LogP contribution is 2.58. The number of aromatic amines is 1. The summed E-state index contributed by atoms with van der Waals surface area (Å²) in [6, 6.07) is 12.4. The Hall–Kier alpha value is -6.43. The van der Waals surface area contributed by atoms with E-state index in [0.717, 1.165) is 11.2 Å². The number of H-pyrrole nitrogens is 1. The first-order chi connectivity index (χ1) is 38.7. The summed E-state index contributed by atoms with van der Waals surface area (Å²) in [6.07, 6.45) is -4.67. The summed E-state index contributed by atoms with van der Waals surface area (Å²) in [5, 5.41) is 32.3. The topological polar surface area (TPSA) is 368 Å². The summed E-state index contributed by atoms with van der Waals surface area (Å²) < 4.78 is 55.9. The van der Waals surface area contributed by atoms with Gasteiger partial charge in [0.05, 0.1) is 25.6 Å². The van der Waals surface area contributed by atoms with E-state index in [2.05, 4.69) is 58.4 Å². The molecule has 2 aliphatic heterocycles. The number of imidazole rings is 1. The van der Waals surface area contributed by atoms with Crippen LogP contribution in [0.15, 0.2) is 78.2 Å². The van der Waals surface area contributed by atoms with E-state index >= 15 is 0 Å².